The molecule has 0 aromatic carbocycles. The Labute approximate surface area is 146 Å². The number of carbonyl (C=O) groups is 1. The molecule has 0 fully saturated rings. The van der Waals surface area contributed by atoms with Crippen molar-refractivity contribution in [3.05, 3.63) is 28.5 Å². The van der Waals surface area contributed by atoms with Crippen LogP contribution in [0.1, 0.15) is 48.3 Å². The van der Waals surface area contributed by atoms with E-state index in [1.807, 2.05) is 4.90 Å². The van der Waals surface area contributed by atoms with Crippen LogP contribution < -0.4 is 5.32 Å². The predicted molar refractivity (Wildman–Crippen MR) is 90.9 cm³/mol. The van der Waals surface area contributed by atoms with Gasteiger partial charge in [-0.2, -0.15) is 5.26 Å². The molecule has 0 saturated carbocycles. The van der Waals surface area contributed by atoms with Crippen LogP contribution in [0.2, 0.25) is 0 Å². The Kier molecular flexibility index (Phi) is 4.59. The summed E-state index contributed by atoms with van der Waals surface area (Å²) in [4.78, 5) is 14.3. The molecule has 3 rings (SSSR count). The minimum Gasteiger partial charge on any atom is -0.444 e. The highest BCUT2D eigenvalue weighted by atomic mass is 16.4. The quantitative estimate of drug-likeness (QED) is 0.911. The highest BCUT2D eigenvalue weighted by molar-refractivity contribution is 5.92. The number of amides is 1. The minimum absolute atomic E-state index is 0.206. The van der Waals surface area contributed by atoms with E-state index in [9.17, 15) is 10.1 Å². The summed E-state index contributed by atoms with van der Waals surface area (Å²) in [7, 11) is 0. The van der Waals surface area contributed by atoms with E-state index in [1.165, 1.54) is 0 Å². The maximum absolute atomic E-state index is 12.3. The Hall–Kier alpha value is -2.66. The summed E-state index contributed by atoms with van der Waals surface area (Å²) in [5.41, 5.74) is 1.14. The zero-order chi connectivity index (χ0) is 18.1. The smallest absolute Gasteiger partial charge is 0.240 e. The lowest BCUT2D eigenvalue weighted by molar-refractivity contribution is -0.117. The van der Waals surface area contributed by atoms with Crippen molar-refractivity contribution in [3.63, 3.8) is 0 Å². The fourth-order valence-electron chi connectivity index (χ4n) is 3.01. The number of nitrogens with zero attached hydrogens (tertiary/aromatic N) is 5. The number of aryl methyl sites for hydroxylation is 1. The molecule has 0 atom stereocenters. The first kappa shape index (κ1) is 17.2. The Bertz CT molecular complexity index is 842. The average molecular weight is 342 g/mol. The maximum Gasteiger partial charge on any atom is 0.240 e. The monoisotopic (exact) mass is 342 g/mol. The van der Waals surface area contributed by atoms with E-state index in [0.717, 1.165) is 30.3 Å². The molecule has 8 heteroatoms. The summed E-state index contributed by atoms with van der Waals surface area (Å²) in [6.07, 6.45) is 0. The molecule has 0 bridgehead atoms. The van der Waals surface area contributed by atoms with Gasteiger partial charge < -0.3 is 8.98 Å². The number of hydrogen-bond donors (Lipinski definition) is 1. The topological polar surface area (TPSA) is 100.0 Å². The van der Waals surface area contributed by atoms with Crippen molar-refractivity contribution in [2.75, 3.05) is 18.4 Å². The van der Waals surface area contributed by atoms with E-state index in [0.29, 0.717) is 23.8 Å². The van der Waals surface area contributed by atoms with E-state index in [4.69, 9.17) is 4.42 Å². The SMILES string of the molecule is Cc1oc(NC(=O)CN2CCn3c(nnc3C(C)C)C2)c(C#N)c1C. The van der Waals surface area contributed by atoms with Gasteiger partial charge in [0.2, 0.25) is 11.8 Å². The lowest BCUT2D eigenvalue weighted by Crippen LogP contribution is -2.39. The third-order valence-corrected chi connectivity index (χ3v) is 4.49. The van der Waals surface area contributed by atoms with Gasteiger partial charge in [-0.15, -0.1) is 10.2 Å². The number of rotatable bonds is 4. The second-order valence-corrected chi connectivity index (χ2v) is 6.64. The van der Waals surface area contributed by atoms with E-state index in [-0.39, 0.29) is 18.3 Å². The van der Waals surface area contributed by atoms with Crippen molar-refractivity contribution < 1.29 is 9.21 Å². The minimum atomic E-state index is -0.206. The summed E-state index contributed by atoms with van der Waals surface area (Å²) in [6, 6.07) is 2.08. The van der Waals surface area contributed by atoms with Crippen LogP contribution in [-0.4, -0.2) is 38.7 Å². The molecule has 25 heavy (non-hydrogen) atoms. The summed E-state index contributed by atoms with van der Waals surface area (Å²) in [6.45, 7) is 10.1. The van der Waals surface area contributed by atoms with Gasteiger partial charge in [-0.25, -0.2) is 0 Å². The second-order valence-electron chi connectivity index (χ2n) is 6.64. The number of nitriles is 1. The first-order valence-electron chi connectivity index (χ1n) is 8.35. The number of nitrogens with one attached hydrogen (secondary N) is 1. The average Bonchev–Trinajstić information content (AvgIpc) is 3.08. The third kappa shape index (κ3) is 3.28. The molecule has 0 unspecified atom stereocenters. The summed E-state index contributed by atoms with van der Waals surface area (Å²) < 4.78 is 7.61. The molecule has 1 N–H and O–H groups in total. The van der Waals surface area contributed by atoms with Gasteiger partial charge >= 0.3 is 0 Å². The zero-order valence-electron chi connectivity index (χ0n) is 15.0. The van der Waals surface area contributed by atoms with Crippen LogP contribution in [0.5, 0.6) is 0 Å². The highest BCUT2D eigenvalue weighted by Crippen LogP contribution is 2.25. The molecular weight excluding hydrogens is 320 g/mol. The van der Waals surface area contributed by atoms with Gasteiger partial charge in [0, 0.05) is 24.6 Å². The van der Waals surface area contributed by atoms with E-state index < -0.39 is 0 Å². The Morgan fingerprint density at radius 3 is 2.80 bits per heavy atom. The van der Waals surface area contributed by atoms with Crippen LogP contribution in [0, 0.1) is 25.2 Å². The Morgan fingerprint density at radius 1 is 1.36 bits per heavy atom. The van der Waals surface area contributed by atoms with Crippen LogP contribution in [0.15, 0.2) is 4.42 Å². The molecule has 0 saturated heterocycles. The van der Waals surface area contributed by atoms with Crippen molar-refractivity contribution in [1.29, 1.82) is 5.26 Å². The lowest BCUT2D eigenvalue weighted by Gasteiger charge is -2.27. The van der Waals surface area contributed by atoms with Crippen molar-refractivity contribution in [1.82, 2.24) is 19.7 Å². The van der Waals surface area contributed by atoms with Crippen molar-refractivity contribution in [3.8, 4) is 6.07 Å². The fourth-order valence-corrected chi connectivity index (χ4v) is 3.01. The van der Waals surface area contributed by atoms with Crippen LogP contribution in [0.4, 0.5) is 5.88 Å². The normalized spacial score (nSPS) is 14.4. The van der Waals surface area contributed by atoms with Crippen molar-refractivity contribution in [2.45, 2.75) is 46.7 Å². The summed E-state index contributed by atoms with van der Waals surface area (Å²) >= 11 is 0. The molecule has 2 aromatic heterocycles. The van der Waals surface area contributed by atoms with Crippen LogP contribution in [0.3, 0.4) is 0 Å². The fraction of sp³-hybridized carbons (Fsp3) is 0.529. The third-order valence-electron chi connectivity index (χ3n) is 4.49. The van der Waals surface area contributed by atoms with Gasteiger partial charge in [0.25, 0.3) is 0 Å². The van der Waals surface area contributed by atoms with Crippen LogP contribution >= 0.6 is 0 Å². The molecule has 0 radical (unpaired) electrons. The highest BCUT2D eigenvalue weighted by Gasteiger charge is 2.24. The van der Waals surface area contributed by atoms with Crippen molar-refractivity contribution in [2.24, 2.45) is 0 Å². The number of fused-ring (bicyclic) bond motifs is 1. The molecule has 3 heterocycles. The second kappa shape index (κ2) is 6.69. The van der Waals surface area contributed by atoms with Gasteiger partial charge in [0.05, 0.1) is 13.1 Å². The molecule has 1 aliphatic rings. The molecule has 2 aromatic rings. The number of aromatic nitrogens is 3. The standard InChI is InChI=1S/C17H22N6O2/c1-10(2)16-21-20-14-8-22(5-6-23(14)16)9-15(24)19-17-13(7-18)11(3)12(4)25-17/h10H,5-6,8-9H2,1-4H3,(H,19,24). The zero-order valence-corrected chi connectivity index (χ0v) is 15.0. The molecule has 1 amide bonds. The largest absolute Gasteiger partial charge is 0.444 e. The van der Waals surface area contributed by atoms with E-state index in [2.05, 4.69) is 40.0 Å². The molecule has 1 aliphatic heterocycles. The number of anilines is 1. The van der Waals surface area contributed by atoms with Gasteiger partial charge in [0.15, 0.2) is 0 Å². The molecule has 8 nitrogen and oxygen atoms in total. The van der Waals surface area contributed by atoms with E-state index in [1.54, 1.807) is 13.8 Å². The summed E-state index contributed by atoms with van der Waals surface area (Å²) in [5, 5.41) is 20.4. The van der Waals surface area contributed by atoms with Gasteiger partial charge in [0.1, 0.15) is 29.0 Å². The number of hydrogen-bond acceptors (Lipinski definition) is 6. The molecular formula is C17H22N6O2. The predicted octanol–water partition coefficient (Wildman–Crippen LogP) is 1.94. The number of furan rings is 1. The first-order chi connectivity index (χ1) is 11.9. The van der Waals surface area contributed by atoms with E-state index >= 15 is 0 Å². The lowest BCUT2D eigenvalue weighted by atomic mass is 10.2. The van der Waals surface area contributed by atoms with Crippen LogP contribution in [-0.2, 0) is 17.9 Å². The van der Waals surface area contributed by atoms with Gasteiger partial charge in [-0.05, 0) is 13.8 Å². The maximum atomic E-state index is 12.3. The first-order valence-corrected chi connectivity index (χ1v) is 8.35. The van der Waals surface area contributed by atoms with Gasteiger partial charge in [-0.1, -0.05) is 13.8 Å². The Balaban J connectivity index is 1.65. The molecule has 0 spiro atoms. The molecule has 0 aliphatic carbocycles. The summed E-state index contributed by atoms with van der Waals surface area (Å²) in [5.74, 6) is 2.85. The van der Waals surface area contributed by atoms with Crippen molar-refractivity contribution >= 4 is 11.8 Å². The van der Waals surface area contributed by atoms with Crippen LogP contribution in [0.25, 0.3) is 0 Å². The molecule has 132 valence electrons. The number of carbonyl (C=O) groups excluding carboxylic acids is 1. The Morgan fingerprint density at radius 2 is 2.12 bits per heavy atom. The van der Waals surface area contributed by atoms with Gasteiger partial charge in [-0.3, -0.25) is 15.0 Å².